The normalized spacial score (nSPS) is 19.7. The number of aryl methyl sites for hydroxylation is 1. The summed E-state index contributed by atoms with van der Waals surface area (Å²) in [6.45, 7) is 2.68. The predicted molar refractivity (Wildman–Crippen MR) is 104 cm³/mol. The number of rotatable bonds is 2. The lowest BCUT2D eigenvalue weighted by Gasteiger charge is -2.38. The molecule has 26 heavy (non-hydrogen) atoms. The monoisotopic (exact) mass is 433 g/mol. The summed E-state index contributed by atoms with van der Waals surface area (Å²) < 4.78 is 28.3. The van der Waals surface area contributed by atoms with E-state index in [1.165, 1.54) is 4.31 Å². The van der Waals surface area contributed by atoms with E-state index in [0.717, 1.165) is 21.2 Å². The Morgan fingerprint density at radius 2 is 1.69 bits per heavy atom. The molecule has 0 atom stereocenters. The Balaban J connectivity index is 1.60. The van der Waals surface area contributed by atoms with E-state index in [1.807, 2.05) is 37.3 Å². The molecule has 0 unspecified atom stereocenters. The van der Waals surface area contributed by atoms with E-state index < -0.39 is 15.4 Å². The molecule has 1 heterocycles. The number of hydrogen-bond acceptors (Lipinski definition) is 3. The molecule has 2 aromatic rings. The van der Waals surface area contributed by atoms with Crippen molar-refractivity contribution in [2.45, 2.75) is 36.5 Å². The Labute approximate surface area is 162 Å². The van der Waals surface area contributed by atoms with Crippen LogP contribution in [0.25, 0.3) is 0 Å². The molecule has 4 nitrogen and oxygen atoms in total. The topological polar surface area (TPSA) is 54.5 Å². The van der Waals surface area contributed by atoms with Crippen molar-refractivity contribution in [3.63, 3.8) is 0 Å². The van der Waals surface area contributed by atoms with Gasteiger partial charge >= 0.3 is 0 Å². The first kappa shape index (κ1) is 17.9. The molecule has 2 aromatic carbocycles. The molecule has 0 radical (unpaired) electrons. The van der Waals surface area contributed by atoms with E-state index in [1.54, 1.807) is 12.1 Å². The van der Waals surface area contributed by atoms with Crippen LogP contribution in [-0.2, 0) is 26.7 Å². The lowest BCUT2D eigenvalue weighted by atomic mass is 9.73. The molecular weight excluding hydrogens is 414 g/mol. The molecule has 0 aromatic heterocycles. The lowest BCUT2D eigenvalue weighted by molar-refractivity contribution is -0.124. The first-order valence-corrected chi connectivity index (χ1v) is 11.0. The first-order chi connectivity index (χ1) is 12.3. The fourth-order valence-electron chi connectivity index (χ4n) is 4.18. The Morgan fingerprint density at radius 1 is 1.04 bits per heavy atom. The maximum Gasteiger partial charge on any atom is 0.243 e. The fraction of sp³-hybridized carbons (Fsp3) is 0.350. The summed E-state index contributed by atoms with van der Waals surface area (Å²) in [4.78, 5) is 13.1. The highest BCUT2D eigenvalue weighted by Gasteiger charge is 2.49. The Morgan fingerprint density at radius 3 is 2.35 bits per heavy atom. The zero-order valence-corrected chi connectivity index (χ0v) is 16.9. The minimum absolute atomic E-state index is 0.220. The molecule has 0 amide bonds. The number of piperidine rings is 1. The van der Waals surface area contributed by atoms with E-state index in [4.69, 9.17) is 0 Å². The van der Waals surface area contributed by atoms with Crippen LogP contribution in [0, 0.1) is 6.92 Å². The van der Waals surface area contributed by atoms with Gasteiger partial charge in [0.05, 0.1) is 10.3 Å². The van der Waals surface area contributed by atoms with E-state index in [-0.39, 0.29) is 5.78 Å². The number of carbonyl (C=O) groups is 1. The molecule has 2 aliphatic rings. The number of benzene rings is 2. The van der Waals surface area contributed by atoms with Crippen LogP contribution in [0.2, 0.25) is 0 Å². The van der Waals surface area contributed by atoms with E-state index in [9.17, 15) is 13.2 Å². The molecule has 0 saturated carbocycles. The second-order valence-electron chi connectivity index (χ2n) is 7.20. The quantitative estimate of drug-likeness (QED) is 0.726. The molecule has 136 valence electrons. The number of fused-ring (bicyclic) bond motifs is 2. The predicted octanol–water partition coefficient (Wildman–Crippen LogP) is 3.61. The summed E-state index contributed by atoms with van der Waals surface area (Å²) in [5.74, 6) is 0.220. The smallest absolute Gasteiger partial charge is 0.243 e. The van der Waals surface area contributed by atoms with E-state index >= 15 is 0 Å². The van der Waals surface area contributed by atoms with Crippen molar-refractivity contribution in [1.82, 2.24) is 4.31 Å². The number of carbonyl (C=O) groups excluding carboxylic acids is 1. The lowest BCUT2D eigenvalue weighted by Crippen LogP contribution is -2.47. The van der Waals surface area contributed by atoms with Crippen molar-refractivity contribution in [3.8, 4) is 0 Å². The van der Waals surface area contributed by atoms with Crippen LogP contribution in [0.1, 0.15) is 29.5 Å². The van der Waals surface area contributed by atoms with Crippen LogP contribution >= 0.6 is 15.9 Å². The number of nitrogens with zero attached hydrogens (tertiary/aromatic N) is 1. The van der Waals surface area contributed by atoms with Crippen LogP contribution in [-0.4, -0.2) is 31.6 Å². The molecule has 1 fully saturated rings. The molecule has 4 rings (SSSR count). The van der Waals surface area contributed by atoms with Gasteiger partial charge in [-0.05, 0) is 55.2 Å². The minimum atomic E-state index is -3.51. The van der Waals surface area contributed by atoms with Gasteiger partial charge in [-0.15, -0.1) is 0 Å². The molecule has 6 heteroatoms. The maximum absolute atomic E-state index is 12.9. The SMILES string of the molecule is Cc1ccc(S(=O)(=O)N2CCC3(CC2)C(=O)Cc2cc(Br)ccc23)cc1. The van der Waals surface area contributed by atoms with Crippen molar-refractivity contribution in [1.29, 1.82) is 0 Å². The fourth-order valence-corrected chi connectivity index (χ4v) is 6.03. The largest absolute Gasteiger partial charge is 0.298 e. The van der Waals surface area contributed by atoms with Gasteiger partial charge in [0.25, 0.3) is 0 Å². The van der Waals surface area contributed by atoms with Gasteiger partial charge in [-0.3, -0.25) is 4.79 Å². The maximum atomic E-state index is 12.9. The van der Waals surface area contributed by atoms with Gasteiger partial charge in [0.15, 0.2) is 0 Å². The van der Waals surface area contributed by atoms with E-state index in [2.05, 4.69) is 15.9 Å². The van der Waals surface area contributed by atoms with Crippen LogP contribution in [0.15, 0.2) is 51.8 Å². The van der Waals surface area contributed by atoms with Crippen molar-refractivity contribution >= 4 is 31.7 Å². The van der Waals surface area contributed by atoms with Gasteiger partial charge in [-0.25, -0.2) is 8.42 Å². The van der Waals surface area contributed by atoms with Gasteiger partial charge in [0.1, 0.15) is 5.78 Å². The van der Waals surface area contributed by atoms with Gasteiger partial charge < -0.3 is 0 Å². The summed E-state index contributed by atoms with van der Waals surface area (Å²) in [5.41, 5.74) is 2.66. The number of halogens is 1. The molecular formula is C20H20BrNO3S. The zero-order chi connectivity index (χ0) is 18.5. The van der Waals surface area contributed by atoms with Gasteiger partial charge in [-0.2, -0.15) is 4.31 Å². The number of hydrogen-bond donors (Lipinski definition) is 0. The van der Waals surface area contributed by atoms with E-state index in [0.29, 0.717) is 37.2 Å². The number of ketones is 1. The molecule has 1 saturated heterocycles. The van der Waals surface area contributed by atoms with Crippen LogP contribution in [0.3, 0.4) is 0 Å². The van der Waals surface area contributed by atoms with Crippen LogP contribution in [0.4, 0.5) is 0 Å². The molecule has 0 bridgehead atoms. The van der Waals surface area contributed by atoms with Crippen molar-refractivity contribution in [3.05, 3.63) is 63.6 Å². The summed E-state index contributed by atoms with van der Waals surface area (Å²) >= 11 is 3.46. The Kier molecular flexibility index (Phi) is 4.33. The molecule has 0 N–H and O–H groups in total. The highest BCUT2D eigenvalue weighted by atomic mass is 79.9. The molecule has 1 spiro atoms. The minimum Gasteiger partial charge on any atom is -0.298 e. The van der Waals surface area contributed by atoms with Gasteiger partial charge in [0, 0.05) is 24.0 Å². The van der Waals surface area contributed by atoms with Crippen molar-refractivity contribution in [2.75, 3.05) is 13.1 Å². The standard InChI is InChI=1S/C20H20BrNO3S/c1-14-2-5-17(6-3-14)26(24,25)22-10-8-20(9-11-22)18-7-4-16(21)12-15(18)13-19(20)23/h2-7,12H,8-11,13H2,1H3. The molecule has 1 aliphatic heterocycles. The third-order valence-electron chi connectivity index (χ3n) is 5.70. The van der Waals surface area contributed by atoms with Crippen molar-refractivity contribution < 1.29 is 13.2 Å². The average molecular weight is 434 g/mol. The van der Waals surface area contributed by atoms with Gasteiger partial charge in [0.2, 0.25) is 10.0 Å². The summed E-state index contributed by atoms with van der Waals surface area (Å²) in [5, 5.41) is 0. The highest BCUT2D eigenvalue weighted by Crippen LogP contribution is 2.45. The number of Topliss-reactive ketones (excluding diaryl/α,β-unsaturated/α-hetero) is 1. The second kappa shape index (κ2) is 6.29. The van der Waals surface area contributed by atoms with Crippen LogP contribution < -0.4 is 0 Å². The second-order valence-corrected chi connectivity index (χ2v) is 10.1. The third-order valence-corrected chi connectivity index (χ3v) is 8.11. The third kappa shape index (κ3) is 2.75. The summed E-state index contributed by atoms with van der Waals surface area (Å²) in [6, 6.07) is 12.9. The first-order valence-electron chi connectivity index (χ1n) is 8.72. The highest BCUT2D eigenvalue weighted by molar-refractivity contribution is 9.10. The average Bonchev–Trinajstić information content (AvgIpc) is 2.87. The van der Waals surface area contributed by atoms with Crippen LogP contribution in [0.5, 0.6) is 0 Å². The molecule has 1 aliphatic carbocycles. The zero-order valence-electron chi connectivity index (χ0n) is 14.5. The van der Waals surface area contributed by atoms with Gasteiger partial charge in [-0.1, -0.05) is 39.7 Å². The Bertz CT molecular complexity index is 975. The number of sulfonamides is 1. The summed E-state index contributed by atoms with van der Waals surface area (Å²) in [6.07, 6.45) is 1.54. The summed E-state index contributed by atoms with van der Waals surface area (Å²) in [7, 11) is -3.51. The van der Waals surface area contributed by atoms with Crippen molar-refractivity contribution in [2.24, 2.45) is 0 Å². The Hall–Kier alpha value is -1.50.